The van der Waals surface area contributed by atoms with E-state index in [-0.39, 0.29) is 11.6 Å². The number of carbonyl (C=O) groups is 1. The van der Waals surface area contributed by atoms with E-state index < -0.39 is 0 Å². The van der Waals surface area contributed by atoms with E-state index in [1.54, 1.807) is 18.2 Å². The molecule has 0 amide bonds. The first kappa shape index (κ1) is 11.3. The molecule has 0 spiro atoms. The van der Waals surface area contributed by atoms with Gasteiger partial charge in [0.25, 0.3) is 0 Å². The Morgan fingerprint density at radius 3 is 2.62 bits per heavy atom. The molecule has 0 unspecified atom stereocenters. The molecule has 1 nitrogen and oxygen atoms in total. The van der Waals surface area contributed by atoms with Gasteiger partial charge in [-0.3, -0.25) is 4.79 Å². The summed E-state index contributed by atoms with van der Waals surface area (Å²) < 4.78 is 13.1. The molecule has 16 heavy (non-hydrogen) atoms. The average Bonchev–Trinajstić information content (AvgIpc) is 2.64. The number of thiophene rings is 1. The molecule has 0 radical (unpaired) electrons. The van der Waals surface area contributed by atoms with Crippen molar-refractivity contribution < 1.29 is 9.18 Å². The van der Waals surface area contributed by atoms with Crippen LogP contribution in [0.15, 0.2) is 30.3 Å². The van der Waals surface area contributed by atoms with Crippen molar-refractivity contribution in [3.63, 3.8) is 0 Å². The van der Waals surface area contributed by atoms with Crippen molar-refractivity contribution in [3.8, 4) is 10.4 Å². The quantitative estimate of drug-likeness (QED) is 0.726. The highest BCUT2D eigenvalue weighted by Crippen LogP contribution is 2.30. The number of halogens is 2. The second kappa shape index (κ2) is 4.36. The molecule has 0 fully saturated rings. The molecule has 0 saturated heterocycles. The van der Waals surface area contributed by atoms with E-state index in [2.05, 4.69) is 0 Å². The maximum absolute atomic E-state index is 13.1. The fourth-order valence-corrected chi connectivity index (χ4v) is 2.49. The van der Waals surface area contributed by atoms with Crippen molar-refractivity contribution in [1.29, 1.82) is 0 Å². The van der Waals surface area contributed by atoms with Crippen LogP contribution in [0.25, 0.3) is 10.4 Å². The van der Waals surface area contributed by atoms with Crippen LogP contribution in [-0.4, -0.2) is 5.78 Å². The Kier molecular flexibility index (Phi) is 3.08. The van der Waals surface area contributed by atoms with E-state index in [4.69, 9.17) is 11.6 Å². The van der Waals surface area contributed by atoms with Gasteiger partial charge in [-0.2, -0.15) is 0 Å². The molecule has 82 valence electrons. The minimum atomic E-state index is -0.375. The van der Waals surface area contributed by atoms with Crippen LogP contribution in [0, 0.1) is 5.82 Å². The average molecular weight is 255 g/mol. The predicted octanol–water partition coefficient (Wildman–Crippen LogP) is 4.41. The summed E-state index contributed by atoms with van der Waals surface area (Å²) in [6.07, 6.45) is 0. The number of Topliss-reactive ketones (excluding diaryl/α,β-unsaturated/α-hetero) is 1. The molecular formula is C12H8ClFOS. The third-order valence-corrected chi connectivity index (χ3v) is 3.55. The van der Waals surface area contributed by atoms with Crippen LogP contribution in [0.1, 0.15) is 16.6 Å². The summed E-state index contributed by atoms with van der Waals surface area (Å²) in [6, 6.07) is 7.88. The first-order chi connectivity index (χ1) is 7.56. The monoisotopic (exact) mass is 254 g/mol. The van der Waals surface area contributed by atoms with Gasteiger partial charge in [-0.05, 0) is 42.8 Å². The SMILES string of the molecule is CC(=O)c1ccc(-c2cc(F)cc(Cl)c2)s1. The number of ketones is 1. The van der Waals surface area contributed by atoms with Crippen molar-refractivity contribution >= 4 is 28.7 Å². The van der Waals surface area contributed by atoms with Crippen molar-refractivity contribution in [2.75, 3.05) is 0 Å². The standard InChI is InChI=1S/C12H8ClFOS/c1-7(15)11-2-3-12(16-11)8-4-9(13)6-10(14)5-8/h2-6H,1H3. The number of benzene rings is 1. The van der Waals surface area contributed by atoms with Gasteiger partial charge in [-0.25, -0.2) is 4.39 Å². The second-order valence-electron chi connectivity index (χ2n) is 3.38. The Hall–Kier alpha value is -1.19. The first-order valence-corrected chi connectivity index (χ1v) is 5.83. The Balaban J connectivity index is 2.46. The predicted molar refractivity (Wildman–Crippen MR) is 64.7 cm³/mol. The van der Waals surface area contributed by atoms with E-state index in [1.165, 1.54) is 30.4 Å². The molecule has 0 aliphatic heterocycles. The van der Waals surface area contributed by atoms with Crippen LogP contribution < -0.4 is 0 Å². The first-order valence-electron chi connectivity index (χ1n) is 4.63. The number of hydrogen-bond donors (Lipinski definition) is 0. The molecular weight excluding hydrogens is 247 g/mol. The molecule has 0 bridgehead atoms. The molecule has 1 heterocycles. The van der Waals surface area contributed by atoms with E-state index >= 15 is 0 Å². The fourth-order valence-electron chi connectivity index (χ4n) is 1.38. The molecule has 1 aromatic carbocycles. The third-order valence-electron chi connectivity index (χ3n) is 2.10. The fraction of sp³-hybridized carbons (Fsp3) is 0.0833. The summed E-state index contributed by atoms with van der Waals surface area (Å²) in [5.74, 6) is -0.362. The Labute approximate surface area is 101 Å². The third kappa shape index (κ3) is 2.31. The van der Waals surface area contributed by atoms with Gasteiger partial charge >= 0.3 is 0 Å². The lowest BCUT2D eigenvalue weighted by atomic mass is 10.2. The lowest BCUT2D eigenvalue weighted by molar-refractivity contribution is 0.102. The highest BCUT2D eigenvalue weighted by atomic mass is 35.5. The van der Waals surface area contributed by atoms with Gasteiger partial charge < -0.3 is 0 Å². The van der Waals surface area contributed by atoms with Crippen molar-refractivity contribution in [2.24, 2.45) is 0 Å². The van der Waals surface area contributed by atoms with Crippen LogP contribution in [0.3, 0.4) is 0 Å². The lowest BCUT2D eigenvalue weighted by Crippen LogP contribution is -1.83. The molecule has 0 saturated carbocycles. The summed E-state index contributed by atoms with van der Waals surface area (Å²) in [4.78, 5) is 12.6. The second-order valence-corrected chi connectivity index (χ2v) is 4.90. The number of carbonyl (C=O) groups excluding carboxylic acids is 1. The maximum Gasteiger partial charge on any atom is 0.169 e. The summed E-state index contributed by atoms with van der Waals surface area (Å²) in [5, 5.41) is 0.354. The zero-order valence-electron chi connectivity index (χ0n) is 8.46. The van der Waals surface area contributed by atoms with Gasteiger partial charge in [0.2, 0.25) is 0 Å². The Bertz CT molecular complexity index is 527. The van der Waals surface area contributed by atoms with Crippen LogP contribution in [-0.2, 0) is 0 Å². The van der Waals surface area contributed by atoms with E-state index in [0.29, 0.717) is 15.5 Å². The molecule has 4 heteroatoms. The summed E-state index contributed by atoms with van der Waals surface area (Å²) in [5.41, 5.74) is 0.697. The molecule has 1 aromatic heterocycles. The minimum Gasteiger partial charge on any atom is -0.294 e. The van der Waals surface area contributed by atoms with Crippen LogP contribution in [0.5, 0.6) is 0 Å². The smallest absolute Gasteiger partial charge is 0.169 e. The molecule has 0 aliphatic carbocycles. The molecule has 0 N–H and O–H groups in total. The maximum atomic E-state index is 13.1. The molecule has 0 aliphatic rings. The molecule has 2 rings (SSSR count). The minimum absolute atomic E-state index is 0.0127. The van der Waals surface area contributed by atoms with Crippen LogP contribution >= 0.6 is 22.9 Å². The normalized spacial score (nSPS) is 10.4. The summed E-state index contributed by atoms with van der Waals surface area (Å²) in [6.45, 7) is 1.51. The van der Waals surface area contributed by atoms with Gasteiger partial charge in [0.15, 0.2) is 5.78 Å². The van der Waals surface area contributed by atoms with Gasteiger partial charge in [0, 0.05) is 9.90 Å². The number of rotatable bonds is 2. The van der Waals surface area contributed by atoms with Gasteiger partial charge in [0.05, 0.1) is 4.88 Å². The summed E-state index contributed by atoms with van der Waals surface area (Å²) in [7, 11) is 0. The van der Waals surface area contributed by atoms with Crippen LogP contribution in [0.2, 0.25) is 5.02 Å². The summed E-state index contributed by atoms with van der Waals surface area (Å²) >= 11 is 7.10. The molecule has 0 atom stereocenters. The van der Waals surface area contributed by atoms with Crippen LogP contribution in [0.4, 0.5) is 4.39 Å². The molecule has 2 aromatic rings. The van der Waals surface area contributed by atoms with Gasteiger partial charge in [0.1, 0.15) is 5.82 Å². The van der Waals surface area contributed by atoms with Crippen molar-refractivity contribution in [3.05, 3.63) is 46.0 Å². The highest BCUT2D eigenvalue weighted by molar-refractivity contribution is 7.17. The van der Waals surface area contributed by atoms with Gasteiger partial charge in [-0.1, -0.05) is 11.6 Å². The largest absolute Gasteiger partial charge is 0.294 e. The van der Waals surface area contributed by atoms with E-state index in [0.717, 1.165) is 4.88 Å². The Morgan fingerprint density at radius 1 is 1.31 bits per heavy atom. The topological polar surface area (TPSA) is 17.1 Å². The zero-order valence-corrected chi connectivity index (χ0v) is 10.0. The highest BCUT2D eigenvalue weighted by Gasteiger charge is 2.07. The Morgan fingerprint density at radius 2 is 2.06 bits per heavy atom. The zero-order chi connectivity index (χ0) is 11.7. The van der Waals surface area contributed by atoms with E-state index in [9.17, 15) is 9.18 Å². The number of hydrogen-bond acceptors (Lipinski definition) is 2. The lowest BCUT2D eigenvalue weighted by Gasteiger charge is -1.98. The van der Waals surface area contributed by atoms with Gasteiger partial charge in [-0.15, -0.1) is 11.3 Å². The van der Waals surface area contributed by atoms with Crippen molar-refractivity contribution in [2.45, 2.75) is 6.92 Å². The van der Waals surface area contributed by atoms with E-state index in [1.807, 2.05) is 0 Å². The van der Waals surface area contributed by atoms with Crippen molar-refractivity contribution in [1.82, 2.24) is 0 Å².